The fraction of sp³-hybridized carbons (Fsp3) is 0.667. The molecular weight excluding hydrogens is 272 g/mol. The van der Waals surface area contributed by atoms with Gasteiger partial charge < -0.3 is 0 Å². The molecule has 1 N–H and O–H groups in total. The number of hydrogen-bond donors (Lipinski definition) is 1. The van der Waals surface area contributed by atoms with Crippen LogP contribution in [0.5, 0.6) is 0 Å². The van der Waals surface area contributed by atoms with Crippen molar-refractivity contribution in [1.82, 2.24) is 9.55 Å². The highest BCUT2D eigenvalue weighted by Crippen LogP contribution is 2.06. The zero-order valence-corrected chi connectivity index (χ0v) is 15.1. The molecule has 0 bridgehead atoms. The van der Waals surface area contributed by atoms with Crippen molar-refractivity contribution in [2.45, 2.75) is 65.8 Å². The maximum absolute atomic E-state index is 3.03. The molecule has 0 fully saturated rings. The highest BCUT2D eigenvalue weighted by molar-refractivity contribution is 4.82. The first-order valence-electron chi connectivity index (χ1n) is 8.56. The standard InChI is InChI=1S/C13H25N2.C5H8N2/c1-4-5-6-7-8-9-10-15-12-11-14(3)13(15)2;1-5-3-7(2)4-6-5/h11-12H,4-10H2,1-3H3;3-4H,1-2H3/q+1;/p+1. The van der Waals surface area contributed by atoms with Crippen molar-refractivity contribution in [3.8, 4) is 0 Å². The van der Waals surface area contributed by atoms with Crippen molar-refractivity contribution in [3.63, 3.8) is 0 Å². The number of unbranched alkanes of at least 4 members (excludes halogenated alkanes) is 5. The summed E-state index contributed by atoms with van der Waals surface area (Å²) in [6, 6.07) is 0. The molecule has 0 unspecified atom stereocenters. The molecule has 4 heteroatoms. The van der Waals surface area contributed by atoms with E-state index in [1.54, 1.807) is 0 Å². The summed E-state index contributed by atoms with van der Waals surface area (Å²) >= 11 is 0. The van der Waals surface area contributed by atoms with Gasteiger partial charge in [-0.25, -0.2) is 18.7 Å². The van der Waals surface area contributed by atoms with Crippen LogP contribution < -0.4 is 9.13 Å². The lowest BCUT2D eigenvalue weighted by Gasteiger charge is -2.00. The Labute approximate surface area is 135 Å². The number of nitrogens with one attached hydrogen (secondary N) is 1. The van der Waals surface area contributed by atoms with Gasteiger partial charge in [-0.1, -0.05) is 32.6 Å². The third-order valence-corrected chi connectivity index (χ3v) is 4.04. The molecule has 0 aliphatic heterocycles. The molecule has 2 rings (SSSR count). The summed E-state index contributed by atoms with van der Waals surface area (Å²) in [6.45, 7) is 7.65. The van der Waals surface area contributed by atoms with Gasteiger partial charge in [0.15, 0.2) is 0 Å². The zero-order valence-electron chi connectivity index (χ0n) is 15.1. The Bertz CT molecular complexity index is 508. The molecule has 0 aromatic carbocycles. The summed E-state index contributed by atoms with van der Waals surface area (Å²) in [4.78, 5) is 3.03. The Balaban J connectivity index is 0.000000287. The quantitative estimate of drug-likeness (QED) is 0.601. The van der Waals surface area contributed by atoms with Crippen LogP contribution in [0, 0.1) is 13.8 Å². The predicted molar refractivity (Wildman–Crippen MR) is 90.4 cm³/mol. The normalized spacial score (nSPS) is 10.4. The van der Waals surface area contributed by atoms with Crippen LogP contribution in [0.25, 0.3) is 0 Å². The molecule has 0 aliphatic carbocycles. The highest BCUT2D eigenvalue weighted by Gasteiger charge is 2.07. The molecule has 22 heavy (non-hydrogen) atoms. The summed E-state index contributed by atoms with van der Waals surface area (Å²) in [6.07, 6.45) is 16.5. The van der Waals surface area contributed by atoms with Gasteiger partial charge in [0.1, 0.15) is 24.3 Å². The van der Waals surface area contributed by atoms with Gasteiger partial charge in [-0.3, -0.25) is 0 Å². The monoisotopic (exact) mass is 306 g/mol. The molecule has 0 aliphatic rings. The molecular formula is C18H34N4+2. The van der Waals surface area contributed by atoms with E-state index in [0.717, 1.165) is 0 Å². The van der Waals surface area contributed by atoms with Gasteiger partial charge in [0, 0.05) is 13.8 Å². The smallest absolute Gasteiger partial charge is 0.248 e. The molecule has 2 aromatic rings. The summed E-state index contributed by atoms with van der Waals surface area (Å²) in [5.74, 6) is 1.35. The Morgan fingerprint density at radius 2 is 1.73 bits per heavy atom. The Kier molecular flexibility index (Phi) is 8.56. The highest BCUT2D eigenvalue weighted by atomic mass is 15.1. The number of aromatic amines is 1. The van der Waals surface area contributed by atoms with Crippen LogP contribution in [-0.4, -0.2) is 9.55 Å². The van der Waals surface area contributed by atoms with Gasteiger partial charge in [0.2, 0.25) is 6.33 Å². The number of nitrogens with zero attached hydrogens (tertiary/aromatic N) is 3. The van der Waals surface area contributed by atoms with E-state index >= 15 is 0 Å². The van der Waals surface area contributed by atoms with E-state index in [0.29, 0.717) is 0 Å². The van der Waals surface area contributed by atoms with E-state index in [1.807, 2.05) is 31.1 Å². The van der Waals surface area contributed by atoms with Crippen molar-refractivity contribution in [2.24, 2.45) is 14.1 Å². The first-order valence-corrected chi connectivity index (χ1v) is 8.56. The van der Waals surface area contributed by atoms with E-state index in [4.69, 9.17) is 0 Å². The third kappa shape index (κ3) is 6.92. The molecule has 0 saturated carbocycles. The van der Waals surface area contributed by atoms with Crippen molar-refractivity contribution in [1.29, 1.82) is 0 Å². The molecule has 0 saturated heterocycles. The first kappa shape index (κ1) is 18.5. The second kappa shape index (κ2) is 10.2. The summed E-state index contributed by atoms with van der Waals surface area (Å²) in [7, 11) is 4.09. The van der Waals surface area contributed by atoms with Gasteiger partial charge in [-0.2, -0.15) is 0 Å². The molecule has 0 radical (unpaired) electrons. The lowest BCUT2D eigenvalue weighted by atomic mass is 10.1. The predicted octanol–water partition coefficient (Wildman–Crippen LogP) is 3.13. The van der Waals surface area contributed by atoms with Crippen LogP contribution in [0.15, 0.2) is 24.9 Å². The number of hydrogen-bond acceptors (Lipinski definition) is 0. The van der Waals surface area contributed by atoms with Crippen molar-refractivity contribution in [2.75, 3.05) is 0 Å². The fourth-order valence-electron chi connectivity index (χ4n) is 2.48. The Morgan fingerprint density at radius 1 is 1.05 bits per heavy atom. The van der Waals surface area contributed by atoms with Crippen molar-refractivity contribution >= 4 is 0 Å². The SMILES string of the molecule is CCCCCCCCn1cc[n+](C)c1C.Cc1c[n+](C)c[nH]1. The molecule has 0 spiro atoms. The minimum atomic E-state index is 1.18. The van der Waals surface area contributed by atoms with Crippen LogP contribution in [0.4, 0.5) is 0 Å². The maximum Gasteiger partial charge on any atom is 0.253 e. The van der Waals surface area contributed by atoms with Gasteiger partial charge in [0.25, 0.3) is 5.82 Å². The topological polar surface area (TPSA) is 28.5 Å². The molecule has 0 atom stereocenters. The van der Waals surface area contributed by atoms with E-state index < -0.39 is 0 Å². The Hall–Kier alpha value is -1.58. The lowest BCUT2D eigenvalue weighted by Crippen LogP contribution is -2.29. The largest absolute Gasteiger partial charge is 0.253 e. The van der Waals surface area contributed by atoms with E-state index in [-0.39, 0.29) is 0 Å². The molecule has 2 heterocycles. The van der Waals surface area contributed by atoms with Gasteiger partial charge in [-0.15, -0.1) is 0 Å². The van der Waals surface area contributed by atoms with Crippen LogP contribution >= 0.6 is 0 Å². The Morgan fingerprint density at radius 3 is 2.18 bits per heavy atom. The number of aromatic nitrogens is 4. The van der Waals surface area contributed by atoms with Gasteiger partial charge in [-0.05, 0) is 12.8 Å². The third-order valence-electron chi connectivity index (χ3n) is 4.04. The number of imidazole rings is 2. The average molecular weight is 306 g/mol. The molecule has 4 nitrogen and oxygen atoms in total. The molecule has 0 amide bonds. The van der Waals surface area contributed by atoms with Gasteiger partial charge >= 0.3 is 0 Å². The molecule has 2 aromatic heterocycles. The van der Waals surface area contributed by atoms with Crippen molar-refractivity contribution in [3.05, 3.63) is 36.4 Å². The van der Waals surface area contributed by atoms with E-state index in [9.17, 15) is 0 Å². The average Bonchev–Trinajstić information content (AvgIpc) is 3.02. The number of rotatable bonds is 7. The van der Waals surface area contributed by atoms with Crippen LogP contribution in [0.1, 0.15) is 57.0 Å². The summed E-state index contributed by atoms with van der Waals surface area (Å²) in [5.41, 5.74) is 1.20. The van der Waals surface area contributed by atoms with E-state index in [2.05, 4.69) is 47.4 Å². The van der Waals surface area contributed by atoms with Gasteiger partial charge in [0.05, 0.1) is 20.6 Å². The van der Waals surface area contributed by atoms with Crippen LogP contribution in [-0.2, 0) is 20.6 Å². The molecule has 124 valence electrons. The maximum atomic E-state index is 3.03. The minimum Gasteiger partial charge on any atom is -0.248 e. The second-order valence-electron chi connectivity index (χ2n) is 6.17. The van der Waals surface area contributed by atoms with Crippen LogP contribution in [0.2, 0.25) is 0 Å². The second-order valence-corrected chi connectivity index (χ2v) is 6.17. The summed E-state index contributed by atoms with van der Waals surface area (Å²) in [5, 5.41) is 0. The fourth-order valence-corrected chi connectivity index (χ4v) is 2.48. The number of H-pyrrole nitrogens is 1. The number of aryl methyl sites for hydroxylation is 4. The minimum absolute atomic E-state index is 1.18. The van der Waals surface area contributed by atoms with Crippen molar-refractivity contribution < 1.29 is 9.13 Å². The van der Waals surface area contributed by atoms with Crippen LogP contribution in [0.3, 0.4) is 0 Å². The lowest BCUT2D eigenvalue weighted by molar-refractivity contribution is -0.677. The van der Waals surface area contributed by atoms with E-state index in [1.165, 1.54) is 56.6 Å². The summed E-state index contributed by atoms with van der Waals surface area (Å²) < 4.78 is 6.51. The first-order chi connectivity index (χ1) is 10.5. The zero-order chi connectivity index (χ0) is 16.4.